The van der Waals surface area contributed by atoms with Crippen molar-refractivity contribution in [1.82, 2.24) is 4.57 Å². The minimum absolute atomic E-state index is 0.674. The quantitative estimate of drug-likeness (QED) is 0.482. The molecule has 0 aromatic carbocycles. The molecule has 0 bridgehead atoms. The molecule has 0 aliphatic heterocycles. The van der Waals surface area contributed by atoms with Gasteiger partial charge in [-0.1, -0.05) is 26.2 Å². The highest BCUT2D eigenvalue weighted by atomic mass is 16.5. The van der Waals surface area contributed by atoms with E-state index in [0.717, 1.165) is 6.61 Å². The van der Waals surface area contributed by atoms with Gasteiger partial charge in [0.2, 0.25) is 6.33 Å². The summed E-state index contributed by atoms with van der Waals surface area (Å²) in [5.74, 6) is 0. The molecule has 1 heterocycles. The van der Waals surface area contributed by atoms with Crippen LogP contribution in [0.1, 0.15) is 32.6 Å². The first-order valence-electron chi connectivity index (χ1n) is 5.41. The van der Waals surface area contributed by atoms with Crippen LogP contribution in [0, 0.1) is 0 Å². The van der Waals surface area contributed by atoms with Gasteiger partial charge in [0.05, 0.1) is 13.7 Å². The lowest BCUT2D eigenvalue weighted by Gasteiger charge is -2.00. The van der Waals surface area contributed by atoms with Crippen molar-refractivity contribution in [3.8, 4) is 0 Å². The minimum Gasteiger partial charge on any atom is -0.342 e. The maximum Gasteiger partial charge on any atom is 0.245 e. The van der Waals surface area contributed by atoms with Gasteiger partial charge in [0.25, 0.3) is 0 Å². The molecular weight excluding hydrogens is 176 g/mol. The molecule has 0 fully saturated rings. The predicted molar refractivity (Wildman–Crippen MR) is 55.7 cm³/mol. The van der Waals surface area contributed by atoms with Crippen molar-refractivity contribution in [3.63, 3.8) is 0 Å². The van der Waals surface area contributed by atoms with E-state index in [1.165, 1.54) is 25.7 Å². The van der Waals surface area contributed by atoms with Gasteiger partial charge in [-0.2, -0.15) is 0 Å². The maximum atomic E-state index is 5.53. The van der Waals surface area contributed by atoms with Crippen LogP contribution in [-0.4, -0.2) is 11.2 Å². The summed E-state index contributed by atoms with van der Waals surface area (Å²) in [7, 11) is 2.01. The number of hydrogen-bond acceptors (Lipinski definition) is 1. The van der Waals surface area contributed by atoms with Crippen LogP contribution in [0.2, 0.25) is 0 Å². The third kappa shape index (κ3) is 4.42. The Bertz CT molecular complexity index is 245. The van der Waals surface area contributed by atoms with Crippen LogP contribution >= 0.6 is 0 Å². The van der Waals surface area contributed by atoms with Gasteiger partial charge in [-0.25, -0.2) is 9.13 Å². The van der Waals surface area contributed by atoms with E-state index in [1.54, 1.807) is 0 Å². The molecule has 1 aromatic rings. The second kappa shape index (κ2) is 6.60. The zero-order valence-electron chi connectivity index (χ0n) is 9.28. The molecule has 0 saturated heterocycles. The minimum atomic E-state index is 0.674. The normalized spacial score (nSPS) is 10.7. The monoisotopic (exact) mass is 197 g/mol. The standard InChI is InChI=1S/C11H21N2O/c1-3-4-5-6-9-14-11-13-8-7-12(2)10-13/h7-8,10H,3-6,9,11H2,1-2H3/q+1. The van der Waals surface area contributed by atoms with E-state index in [2.05, 4.69) is 6.92 Å². The Balaban J connectivity index is 1.99. The Hall–Kier alpha value is -0.830. The zero-order chi connectivity index (χ0) is 10.2. The second-order valence-corrected chi connectivity index (χ2v) is 3.69. The average molecular weight is 197 g/mol. The number of aryl methyl sites for hydroxylation is 1. The summed E-state index contributed by atoms with van der Waals surface area (Å²) in [5, 5.41) is 0. The lowest BCUT2D eigenvalue weighted by molar-refractivity contribution is -0.732. The highest BCUT2D eigenvalue weighted by Crippen LogP contribution is 1.98. The van der Waals surface area contributed by atoms with Crippen molar-refractivity contribution in [2.75, 3.05) is 6.61 Å². The fourth-order valence-electron chi connectivity index (χ4n) is 1.38. The highest BCUT2D eigenvalue weighted by molar-refractivity contribution is 4.61. The molecule has 3 heteroatoms. The molecule has 0 aliphatic carbocycles. The molecule has 0 saturated carbocycles. The SMILES string of the molecule is CCCCCCOC[n+]1ccn(C)c1. The van der Waals surface area contributed by atoms with Crippen LogP contribution in [0.4, 0.5) is 0 Å². The number of unbranched alkanes of at least 4 members (excludes halogenated alkanes) is 3. The van der Waals surface area contributed by atoms with Crippen molar-refractivity contribution < 1.29 is 9.30 Å². The van der Waals surface area contributed by atoms with Crippen molar-refractivity contribution in [3.05, 3.63) is 18.7 Å². The smallest absolute Gasteiger partial charge is 0.245 e. The van der Waals surface area contributed by atoms with Gasteiger partial charge < -0.3 is 4.74 Å². The van der Waals surface area contributed by atoms with Crippen molar-refractivity contribution >= 4 is 0 Å². The van der Waals surface area contributed by atoms with Gasteiger partial charge in [-0.05, 0) is 6.42 Å². The van der Waals surface area contributed by atoms with Gasteiger partial charge >= 0.3 is 0 Å². The molecule has 0 atom stereocenters. The predicted octanol–water partition coefficient (Wildman–Crippen LogP) is 1.87. The summed E-state index contributed by atoms with van der Waals surface area (Å²) >= 11 is 0. The molecule has 0 radical (unpaired) electrons. The number of ether oxygens (including phenoxy) is 1. The molecule has 1 rings (SSSR count). The third-order valence-corrected chi connectivity index (χ3v) is 2.21. The Labute approximate surface area is 86.3 Å². The van der Waals surface area contributed by atoms with E-state index in [-0.39, 0.29) is 0 Å². The third-order valence-electron chi connectivity index (χ3n) is 2.21. The van der Waals surface area contributed by atoms with E-state index in [0.29, 0.717) is 6.73 Å². The summed E-state index contributed by atoms with van der Waals surface area (Å²) in [6.07, 6.45) is 11.1. The van der Waals surface area contributed by atoms with Crippen molar-refractivity contribution in [2.45, 2.75) is 39.3 Å². The maximum absolute atomic E-state index is 5.53. The number of aromatic nitrogens is 2. The molecule has 3 nitrogen and oxygen atoms in total. The van der Waals surface area contributed by atoms with Crippen molar-refractivity contribution in [1.29, 1.82) is 0 Å². The molecule has 0 aliphatic rings. The summed E-state index contributed by atoms with van der Waals surface area (Å²) in [6.45, 7) is 3.77. The summed E-state index contributed by atoms with van der Waals surface area (Å²) < 4.78 is 9.59. The van der Waals surface area contributed by atoms with Gasteiger partial charge in [0.1, 0.15) is 12.4 Å². The summed E-state index contributed by atoms with van der Waals surface area (Å²) in [5.41, 5.74) is 0. The van der Waals surface area contributed by atoms with Crippen LogP contribution in [0.25, 0.3) is 0 Å². The molecule has 0 unspecified atom stereocenters. The number of hydrogen-bond donors (Lipinski definition) is 0. The Kier molecular flexibility index (Phi) is 5.30. The second-order valence-electron chi connectivity index (χ2n) is 3.69. The molecular formula is C11H21N2O+. The molecule has 0 spiro atoms. The average Bonchev–Trinajstić information content (AvgIpc) is 2.58. The van der Waals surface area contributed by atoms with Crippen LogP contribution in [0.3, 0.4) is 0 Å². The van der Waals surface area contributed by atoms with Crippen LogP contribution in [0.15, 0.2) is 18.7 Å². The number of rotatable bonds is 7. The van der Waals surface area contributed by atoms with Gasteiger partial charge in [-0.3, -0.25) is 0 Å². The Morgan fingerprint density at radius 2 is 2.14 bits per heavy atom. The molecule has 14 heavy (non-hydrogen) atoms. The van der Waals surface area contributed by atoms with E-state index in [9.17, 15) is 0 Å². The van der Waals surface area contributed by atoms with Crippen LogP contribution in [0.5, 0.6) is 0 Å². The molecule has 80 valence electrons. The van der Waals surface area contributed by atoms with E-state index in [1.807, 2.05) is 34.9 Å². The van der Waals surface area contributed by atoms with Crippen LogP contribution in [-0.2, 0) is 18.5 Å². The molecule has 0 N–H and O–H groups in total. The van der Waals surface area contributed by atoms with Crippen LogP contribution < -0.4 is 4.57 Å². The number of imidazole rings is 1. The molecule has 0 amide bonds. The highest BCUT2D eigenvalue weighted by Gasteiger charge is 1.98. The topological polar surface area (TPSA) is 18.0 Å². The summed E-state index contributed by atoms with van der Waals surface area (Å²) in [4.78, 5) is 0. The van der Waals surface area contributed by atoms with Gasteiger partial charge in [0.15, 0.2) is 6.73 Å². The first-order chi connectivity index (χ1) is 6.83. The first-order valence-corrected chi connectivity index (χ1v) is 5.41. The Morgan fingerprint density at radius 3 is 2.79 bits per heavy atom. The number of nitrogens with zero attached hydrogens (tertiary/aromatic N) is 2. The molecule has 1 aromatic heterocycles. The summed E-state index contributed by atoms with van der Waals surface area (Å²) in [6, 6.07) is 0. The Morgan fingerprint density at radius 1 is 1.29 bits per heavy atom. The largest absolute Gasteiger partial charge is 0.342 e. The zero-order valence-corrected chi connectivity index (χ0v) is 9.28. The van der Waals surface area contributed by atoms with E-state index < -0.39 is 0 Å². The van der Waals surface area contributed by atoms with Crippen molar-refractivity contribution in [2.24, 2.45) is 7.05 Å². The lowest BCUT2D eigenvalue weighted by atomic mass is 10.2. The fourth-order valence-corrected chi connectivity index (χ4v) is 1.38. The first kappa shape index (κ1) is 11.2. The van der Waals surface area contributed by atoms with Gasteiger partial charge in [0, 0.05) is 0 Å². The van der Waals surface area contributed by atoms with Gasteiger partial charge in [-0.15, -0.1) is 0 Å². The fraction of sp³-hybridized carbons (Fsp3) is 0.727. The lowest BCUT2D eigenvalue weighted by Crippen LogP contribution is -2.32. The van der Waals surface area contributed by atoms with E-state index in [4.69, 9.17) is 4.74 Å². The van der Waals surface area contributed by atoms with E-state index >= 15 is 0 Å².